The lowest BCUT2D eigenvalue weighted by molar-refractivity contribution is -0.130. The van der Waals surface area contributed by atoms with Crippen LogP contribution in [0.25, 0.3) is 0 Å². The molecule has 1 aliphatic rings. The van der Waals surface area contributed by atoms with Crippen LogP contribution in [-0.2, 0) is 16.1 Å². The van der Waals surface area contributed by atoms with E-state index < -0.39 is 6.04 Å². The molecule has 0 radical (unpaired) electrons. The number of benzene rings is 2. The summed E-state index contributed by atoms with van der Waals surface area (Å²) in [5.41, 5.74) is 4.14. The van der Waals surface area contributed by atoms with Gasteiger partial charge in [0, 0.05) is 22.9 Å². The molecule has 3 nitrogen and oxygen atoms in total. The summed E-state index contributed by atoms with van der Waals surface area (Å²) < 4.78 is 0. The zero-order valence-corrected chi connectivity index (χ0v) is 16.0. The molecule has 0 saturated carbocycles. The van der Waals surface area contributed by atoms with E-state index in [-0.39, 0.29) is 5.78 Å². The van der Waals surface area contributed by atoms with Crippen molar-refractivity contribution in [2.24, 2.45) is 0 Å². The fourth-order valence-corrected chi connectivity index (χ4v) is 5.18. The van der Waals surface area contributed by atoms with Crippen LogP contribution < -0.4 is 4.90 Å². The smallest absolute Gasteiger partial charge is 0.222 e. The second-order valence-corrected chi connectivity index (χ2v) is 8.64. The monoisotopic (exact) mass is 371 g/mol. The van der Waals surface area contributed by atoms with E-state index in [1.165, 1.54) is 4.90 Å². The Morgan fingerprint density at radius 1 is 1.24 bits per heavy atom. The number of carbonyl (C=O) groups excluding carboxylic acids is 2. The molecule has 5 heteroatoms. The maximum atomic E-state index is 12.3. The summed E-state index contributed by atoms with van der Waals surface area (Å²) in [6, 6.07) is 13.9. The normalized spacial score (nSPS) is 15.9. The molecule has 0 N–H and O–H groups in total. The highest BCUT2D eigenvalue weighted by atomic mass is 33.1. The van der Waals surface area contributed by atoms with Crippen LogP contribution in [-0.4, -0.2) is 17.8 Å². The first-order chi connectivity index (χ1) is 12.1. The lowest BCUT2D eigenvalue weighted by Gasteiger charge is -2.25. The Bertz CT molecular complexity index is 774. The van der Waals surface area contributed by atoms with E-state index in [9.17, 15) is 9.59 Å². The van der Waals surface area contributed by atoms with E-state index in [4.69, 9.17) is 0 Å². The highest BCUT2D eigenvalue weighted by Crippen LogP contribution is 2.39. The largest absolute Gasteiger partial charge is 0.353 e. The topological polar surface area (TPSA) is 37.4 Å². The predicted octanol–water partition coefficient (Wildman–Crippen LogP) is 4.97. The molecule has 130 valence electrons. The van der Waals surface area contributed by atoms with Crippen molar-refractivity contribution >= 4 is 39.3 Å². The van der Waals surface area contributed by atoms with Gasteiger partial charge in [-0.05, 0) is 48.7 Å². The number of rotatable bonds is 7. The minimum Gasteiger partial charge on any atom is -0.353 e. The third-order valence-electron chi connectivity index (χ3n) is 4.24. The summed E-state index contributed by atoms with van der Waals surface area (Å²) >= 11 is 0. The standard InChI is InChI=1S/C20H21NO2S2/c1-3-10-24-25-17-8-6-16(7-9-17)21-12-15-5-4-14(2)11-18(15)20(21)19(23)13-22/h4-9,11,13,20H,3,10,12H2,1-2H3. The molecule has 2 aromatic rings. The molecule has 0 fully saturated rings. The fourth-order valence-electron chi connectivity index (χ4n) is 3.05. The molecule has 1 atom stereocenters. The van der Waals surface area contributed by atoms with Crippen molar-refractivity contribution in [3.63, 3.8) is 0 Å². The van der Waals surface area contributed by atoms with E-state index in [1.807, 2.05) is 40.8 Å². The van der Waals surface area contributed by atoms with Gasteiger partial charge in [0.15, 0.2) is 6.29 Å². The van der Waals surface area contributed by atoms with E-state index in [0.29, 0.717) is 12.8 Å². The maximum Gasteiger partial charge on any atom is 0.222 e. The van der Waals surface area contributed by atoms with Gasteiger partial charge in [-0.15, -0.1) is 0 Å². The molecule has 2 aromatic carbocycles. The fraction of sp³-hybridized carbons (Fsp3) is 0.300. The van der Waals surface area contributed by atoms with Crippen LogP contribution in [0.1, 0.15) is 36.1 Å². The molecule has 25 heavy (non-hydrogen) atoms. The van der Waals surface area contributed by atoms with Crippen LogP contribution in [0.4, 0.5) is 5.69 Å². The molecule has 0 bridgehead atoms. The number of hydrogen-bond acceptors (Lipinski definition) is 5. The molecule has 3 rings (SSSR count). The van der Waals surface area contributed by atoms with Gasteiger partial charge in [0.2, 0.25) is 5.78 Å². The number of nitrogens with zero attached hydrogens (tertiary/aromatic N) is 1. The van der Waals surface area contributed by atoms with Gasteiger partial charge in [0.1, 0.15) is 6.04 Å². The Kier molecular flexibility index (Phi) is 5.86. The summed E-state index contributed by atoms with van der Waals surface area (Å²) in [6.07, 6.45) is 1.61. The van der Waals surface area contributed by atoms with Crippen molar-refractivity contribution in [1.29, 1.82) is 0 Å². The van der Waals surface area contributed by atoms with E-state index in [1.54, 1.807) is 10.8 Å². The Hall–Kier alpha value is -1.72. The molecule has 0 aromatic heterocycles. The van der Waals surface area contributed by atoms with Crippen molar-refractivity contribution < 1.29 is 9.59 Å². The number of anilines is 1. The molecule has 1 aliphatic heterocycles. The van der Waals surface area contributed by atoms with Gasteiger partial charge in [-0.25, -0.2) is 0 Å². The Labute approximate surface area is 156 Å². The van der Waals surface area contributed by atoms with Gasteiger partial charge in [0.25, 0.3) is 0 Å². The summed E-state index contributed by atoms with van der Waals surface area (Å²) in [5.74, 6) is 0.740. The minimum atomic E-state index is -0.514. The first kappa shape index (κ1) is 18.1. The highest BCUT2D eigenvalue weighted by Gasteiger charge is 2.35. The number of aryl methyl sites for hydroxylation is 1. The zero-order chi connectivity index (χ0) is 17.8. The zero-order valence-electron chi connectivity index (χ0n) is 14.4. The number of carbonyl (C=O) groups is 2. The summed E-state index contributed by atoms with van der Waals surface area (Å²) in [5, 5.41) is 0. The van der Waals surface area contributed by atoms with Gasteiger partial charge >= 0.3 is 0 Å². The summed E-state index contributed by atoms with van der Waals surface area (Å²) in [4.78, 5) is 26.7. The molecule has 0 saturated heterocycles. The van der Waals surface area contributed by atoms with Crippen molar-refractivity contribution in [1.82, 2.24) is 0 Å². The van der Waals surface area contributed by atoms with Crippen LogP contribution in [0.5, 0.6) is 0 Å². The number of hydrogen-bond donors (Lipinski definition) is 0. The van der Waals surface area contributed by atoms with Gasteiger partial charge in [-0.3, -0.25) is 9.59 Å². The van der Waals surface area contributed by atoms with Crippen molar-refractivity contribution in [2.75, 3.05) is 10.7 Å². The van der Waals surface area contributed by atoms with Crippen molar-refractivity contribution in [3.8, 4) is 0 Å². The Morgan fingerprint density at radius 2 is 2.00 bits per heavy atom. The van der Waals surface area contributed by atoms with E-state index in [0.717, 1.165) is 34.6 Å². The molecular weight excluding hydrogens is 350 g/mol. The molecule has 1 unspecified atom stereocenters. The predicted molar refractivity (Wildman–Crippen MR) is 106 cm³/mol. The van der Waals surface area contributed by atoms with E-state index >= 15 is 0 Å². The number of fused-ring (bicyclic) bond motifs is 1. The Balaban J connectivity index is 1.86. The van der Waals surface area contributed by atoms with Crippen LogP contribution in [0.3, 0.4) is 0 Å². The summed E-state index contributed by atoms with van der Waals surface area (Å²) in [6.45, 7) is 4.83. The van der Waals surface area contributed by atoms with Crippen LogP contribution in [0, 0.1) is 6.92 Å². The Morgan fingerprint density at radius 3 is 2.68 bits per heavy atom. The maximum absolute atomic E-state index is 12.3. The molecule has 1 heterocycles. The molecule has 0 amide bonds. The SMILES string of the molecule is CCCSSc1ccc(N2Cc3ccc(C)cc3C2C(=O)C=O)cc1. The average molecular weight is 372 g/mol. The first-order valence-corrected chi connectivity index (χ1v) is 10.7. The highest BCUT2D eigenvalue weighted by molar-refractivity contribution is 8.76. The van der Waals surface area contributed by atoms with E-state index in [2.05, 4.69) is 31.2 Å². The minimum absolute atomic E-state index is 0.388. The van der Waals surface area contributed by atoms with Crippen LogP contribution in [0.2, 0.25) is 0 Å². The summed E-state index contributed by atoms with van der Waals surface area (Å²) in [7, 11) is 3.62. The third-order valence-corrected chi connectivity index (χ3v) is 6.83. The third kappa shape index (κ3) is 3.93. The number of aldehydes is 1. The van der Waals surface area contributed by atoms with Gasteiger partial charge in [-0.2, -0.15) is 0 Å². The number of Topliss-reactive ketones (excluding diaryl/α,β-unsaturated/α-hetero) is 1. The molecular formula is C20H21NO2S2. The van der Waals surface area contributed by atoms with Crippen molar-refractivity contribution in [3.05, 3.63) is 59.2 Å². The lowest BCUT2D eigenvalue weighted by atomic mass is 9.99. The second kappa shape index (κ2) is 8.11. The average Bonchev–Trinajstić information content (AvgIpc) is 3.00. The molecule has 0 aliphatic carbocycles. The lowest BCUT2D eigenvalue weighted by Crippen LogP contribution is -2.28. The van der Waals surface area contributed by atoms with Gasteiger partial charge < -0.3 is 4.90 Å². The van der Waals surface area contributed by atoms with Crippen molar-refractivity contribution in [2.45, 2.75) is 37.8 Å². The first-order valence-electron chi connectivity index (χ1n) is 8.38. The molecule has 0 spiro atoms. The van der Waals surface area contributed by atoms with Crippen LogP contribution in [0.15, 0.2) is 47.4 Å². The second-order valence-electron chi connectivity index (χ2n) is 6.15. The quantitative estimate of drug-likeness (QED) is 0.297. The van der Waals surface area contributed by atoms with Gasteiger partial charge in [0.05, 0.1) is 0 Å². The van der Waals surface area contributed by atoms with Crippen LogP contribution >= 0.6 is 21.6 Å². The van der Waals surface area contributed by atoms with Gasteiger partial charge in [-0.1, -0.05) is 52.3 Å². The number of ketones is 1.